The summed E-state index contributed by atoms with van der Waals surface area (Å²) in [4.78, 5) is 16.5. The molecule has 2 rings (SSSR count). The molecular weight excluding hydrogens is 334 g/mol. The summed E-state index contributed by atoms with van der Waals surface area (Å²) < 4.78 is 24.8. The van der Waals surface area contributed by atoms with Crippen LogP contribution in [0.2, 0.25) is 0 Å². The lowest BCUT2D eigenvalue weighted by Crippen LogP contribution is -2.17. The quantitative estimate of drug-likeness (QED) is 0.741. The highest BCUT2D eigenvalue weighted by Crippen LogP contribution is 2.28. The second-order valence-corrected chi connectivity index (χ2v) is 9.00. The topological polar surface area (TPSA) is 64.1 Å². The molecule has 4 nitrogen and oxygen atoms in total. The molecule has 134 valence electrons. The van der Waals surface area contributed by atoms with E-state index in [1.165, 1.54) is 0 Å². The molecule has 0 atom stereocenters. The molecule has 0 amide bonds. The van der Waals surface area contributed by atoms with Crippen molar-refractivity contribution in [2.45, 2.75) is 44.9 Å². The molecule has 0 radical (unpaired) electrons. The van der Waals surface area contributed by atoms with E-state index in [0.717, 1.165) is 16.8 Å². The first kappa shape index (κ1) is 19.3. The summed E-state index contributed by atoms with van der Waals surface area (Å²) in [5.74, 6) is -0.249. The van der Waals surface area contributed by atoms with E-state index in [0.29, 0.717) is 0 Å². The Bertz CT molecular complexity index is 837. The largest absolute Gasteiger partial charge is 0.299 e. The van der Waals surface area contributed by atoms with Crippen LogP contribution in [0.5, 0.6) is 0 Å². The fourth-order valence-corrected chi connectivity index (χ4v) is 4.03. The van der Waals surface area contributed by atoms with Crippen molar-refractivity contribution in [1.82, 2.24) is 4.98 Å². The summed E-state index contributed by atoms with van der Waals surface area (Å²) in [6, 6.07) is 10.6. The number of nitrogens with zero attached hydrogens (tertiary/aromatic N) is 1. The Kier molecular flexibility index (Phi) is 6.11. The smallest absolute Gasteiger partial charge is 0.185 e. The first-order valence-electron chi connectivity index (χ1n) is 8.50. The van der Waals surface area contributed by atoms with E-state index in [4.69, 9.17) is 0 Å². The van der Waals surface area contributed by atoms with Crippen LogP contribution in [0, 0.1) is 5.92 Å². The molecule has 0 fully saturated rings. The molecule has 5 heteroatoms. The van der Waals surface area contributed by atoms with Gasteiger partial charge in [-0.15, -0.1) is 0 Å². The summed E-state index contributed by atoms with van der Waals surface area (Å²) in [6.45, 7) is 7.95. The second-order valence-electron chi connectivity index (χ2n) is 7.01. The van der Waals surface area contributed by atoms with Gasteiger partial charge in [0.15, 0.2) is 9.84 Å². The third kappa shape index (κ3) is 4.98. The molecule has 1 aromatic carbocycles. The van der Waals surface area contributed by atoms with Crippen molar-refractivity contribution in [3.05, 3.63) is 48.3 Å². The normalized spacial score (nSPS) is 11.9. The van der Waals surface area contributed by atoms with Gasteiger partial charge in [0, 0.05) is 18.2 Å². The van der Waals surface area contributed by atoms with Crippen molar-refractivity contribution >= 4 is 15.6 Å². The van der Waals surface area contributed by atoms with Crippen LogP contribution in [-0.2, 0) is 14.6 Å². The number of carbonyl (C=O) groups is 1. The second kappa shape index (κ2) is 7.91. The Morgan fingerprint density at radius 1 is 1.04 bits per heavy atom. The van der Waals surface area contributed by atoms with Gasteiger partial charge in [0.1, 0.15) is 11.5 Å². The minimum absolute atomic E-state index is 0.158. The van der Waals surface area contributed by atoms with Crippen LogP contribution in [0.25, 0.3) is 11.1 Å². The first-order valence-corrected chi connectivity index (χ1v) is 10.2. The number of carbonyl (C=O) groups excluding carboxylic acids is 1. The van der Waals surface area contributed by atoms with Gasteiger partial charge < -0.3 is 0 Å². The molecule has 0 saturated carbocycles. The minimum atomic E-state index is -3.60. The predicted molar refractivity (Wildman–Crippen MR) is 100 cm³/mol. The van der Waals surface area contributed by atoms with Gasteiger partial charge in [-0.3, -0.25) is 9.78 Å². The molecule has 25 heavy (non-hydrogen) atoms. The average Bonchev–Trinajstić information content (AvgIpc) is 2.53. The molecule has 0 aliphatic rings. The molecule has 0 saturated heterocycles. The van der Waals surface area contributed by atoms with Gasteiger partial charge in [0.25, 0.3) is 0 Å². The Morgan fingerprint density at radius 2 is 1.68 bits per heavy atom. The summed E-state index contributed by atoms with van der Waals surface area (Å²) in [5, 5.41) is 0. The molecule has 1 aromatic heterocycles. The number of hydrogen-bond acceptors (Lipinski definition) is 4. The zero-order valence-corrected chi connectivity index (χ0v) is 16.0. The van der Waals surface area contributed by atoms with Gasteiger partial charge in [-0.1, -0.05) is 45.9 Å². The van der Waals surface area contributed by atoms with Crippen LogP contribution < -0.4 is 0 Å². The number of sulfone groups is 1. The molecule has 0 aliphatic heterocycles. The van der Waals surface area contributed by atoms with Gasteiger partial charge in [-0.05, 0) is 35.6 Å². The van der Waals surface area contributed by atoms with Gasteiger partial charge in [-0.2, -0.15) is 0 Å². The van der Waals surface area contributed by atoms with Crippen molar-refractivity contribution < 1.29 is 13.2 Å². The van der Waals surface area contributed by atoms with Crippen molar-refractivity contribution in [2.24, 2.45) is 5.92 Å². The fraction of sp³-hybridized carbons (Fsp3) is 0.400. The Hall–Kier alpha value is -2.01. The maximum Gasteiger partial charge on any atom is 0.185 e. The number of benzene rings is 1. The first-order chi connectivity index (χ1) is 11.7. The number of aromatic nitrogens is 1. The summed E-state index contributed by atoms with van der Waals surface area (Å²) in [5.41, 5.74) is 2.90. The number of Topliss-reactive ketones (excluding diaryl/α,β-unsaturated/α-hetero) is 1. The number of pyridine rings is 1. The predicted octanol–water partition coefficient (Wildman–Crippen LogP) is 4.26. The lowest BCUT2D eigenvalue weighted by molar-refractivity contribution is -0.117. The van der Waals surface area contributed by atoms with Crippen molar-refractivity contribution in [3.63, 3.8) is 0 Å². The van der Waals surface area contributed by atoms with Crippen molar-refractivity contribution in [2.75, 3.05) is 5.75 Å². The van der Waals surface area contributed by atoms with Crippen LogP contribution in [0.3, 0.4) is 0 Å². The zero-order chi connectivity index (χ0) is 18.6. The third-order valence-electron chi connectivity index (χ3n) is 3.90. The summed E-state index contributed by atoms with van der Waals surface area (Å²) >= 11 is 0. The van der Waals surface area contributed by atoms with Crippen LogP contribution in [0.1, 0.15) is 45.7 Å². The summed E-state index contributed by atoms with van der Waals surface area (Å²) in [7, 11) is -3.60. The minimum Gasteiger partial charge on any atom is -0.299 e. The van der Waals surface area contributed by atoms with Gasteiger partial charge in [0.2, 0.25) is 0 Å². The SMILES string of the molecule is CC(C)CC(=O)CS(=O)(=O)c1ccc(-c2cccnc2C(C)C)cc1. The van der Waals surface area contributed by atoms with Crippen LogP contribution >= 0.6 is 0 Å². The van der Waals surface area contributed by atoms with Crippen LogP contribution in [-0.4, -0.2) is 24.9 Å². The van der Waals surface area contributed by atoms with E-state index in [1.54, 1.807) is 30.5 Å². The average molecular weight is 359 g/mol. The zero-order valence-electron chi connectivity index (χ0n) is 15.2. The molecule has 2 aromatic rings. The third-order valence-corrected chi connectivity index (χ3v) is 5.59. The highest BCUT2D eigenvalue weighted by molar-refractivity contribution is 7.92. The van der Waals surface area contributed by atoms with E-state index in [9.17, 15) is 13.2 Å². The van der Waals surface area contributed by atoms with E-state index in [-0.39, 0.29) is 28.9 Å². The number of hydrogen-bond donors (Lipinski definition) is 0. The molecule has 0 unspecified atom stereocenters. The summed E-state index contributed by atoms with van der Waals surface area (Å²) in [6.07, 6.45) is 2.04. The number of rotatable bonds is 7. The fourth-order valence-electron chi connectivity index (χ4n) is 2.77. The Labute approximate surface area is 150 Å². The van der Waals surface area contributed by atoms with Crippen LogP contribution in [0.15, 0.2) is 47.5 Å². The number of ketones is 1. The molecule has 0 spiro atoms. The Balaban J connectivity index is 2.27. The molecule has 1 heterocycles. The molecule has 0 aliphatic carbocycles. The lowest BCUT2D eigenvalue weighted by Gasteiger charge is -2.12. The Morgan fingerprint density at radius 3 is 2.24 bits per heavy atom. The molecule has 0 N–H and O–H groups in total. The lowest BCUT2D eigenvalue weighted by atomic mass is 9.98. The maximum atomic E-state index is 12.4. The van der Waals surface area contributed by atoms with E-state index < -0.39 is 15.6 Å². The van der Waals surface area contributed by atoms with E-state index in [1.807, 2.05) is 26.0 Å². The van der Waals surface area contributed by atoms with E-state index in [2.05, 4.69) is 18.8 Å². The van der Waals surface area contributed by atoms with Crippen molar-refractivity contribution in [1.29, 1.82) is 0 Å². The monoisotopic (exact) mass is 359 g/mol. The van der Waals surface area contributed by atoms with Gasteiger partial charge in [0.05, 0.1) is 10.6 Å². The van der Waals surface area contributed by atoms with Gasteiger partial charge >= 0.3 is 0 Å². The van der Waals surface area contributed by atoms with E-state index >= 15 is 0 Å². The molecular formula is C20H25NO3S. The van der Waals surface area contributed by atoms with Crippen LogP contribution in [0.4, 0.5) is 0 Å². The highest BCUT2D eigenvalue weighted by atomic mass is 32.2. The van der Waals surface area contributed by atoms with Gasteiger partial charge in [-0.25, -0.2) is 8.42 Å². The van der Waals surface area contributed by atoms with Crippen molar-refractivity contribution in [3.8, 4) is 11.1 Å². The molecule has 0 bridgehead atoms. The maximum absolute atomic E-state index is 12.4. The highest BCUT2D eigenvalue weighted by Gasteiger charge is 2.20. The standard InChI is InChI=1S/C20H25NO3S/c1-14(2)12-17(22)13-25(23,24)18-9-7-16(8-10-18)19-6-5-11-21-20(19)15(3)4/h5-11,14-15H,12-13H2,1-4H3.